The summed E-state index contributed by atoms with van der Waals surface area (Å²) in [6, 6.07) is -0.352. The van der Waals surface area contributed by atoms with E-state index in [1.807, 2.05) is 19.9 Å². The van der Waals surface area contributed by atoms with Crippen molar-refractivity contribution in [1.82, 2.24) is 0 Å². The molecule has 0 amide bonds. The van der Waals surface area contributed by atoms with E-state index in [2.05, 4.69) is 23.5 Å². The zero-order chi connectivity index (χ0) is 14.8. The first-order chi connectivity index (χ1) is 9.52. The molecule has 0 aromatic rings. The SMILES string of the molecule is C=CCC[C@H]1O[C@H](CC)[C@@H]2OC(C)(C)O[C@@H]2[C@H]1N=[N+]=[N-]. The van der Waals surface area contributed by atoms with Crippen LogP contribution in [0.2, 0.25) is 0 Å². The van der Waals surface area contributed by atoms with Crippen LogP contribution >= 0.6 is 0 Å². The van der Waals surface area contributed by atoms with E-state index in [1.165, 1.54) is 0 Å². The van der Waals surface area contributed by atoms with Gasteiger partial charge in [0.2, 0.25) is 0 Å². The highest BCUT2D eigenvalue weighted by molar-refractivity contribution is 5.02. The number of hydrogen-bond donors (Lipinski definition) is 0. The molecule has 2 fully saturated rings. The summed E-state index contributed by atoms with van der Waals surface area (Å²) in [5.74, 6) is -0.664. The first-order valence-electron chi connectivity index (χ1n) is 7.18. The molecule has 6 heteroatoms. The molecule has 2 aliphatic rings. The molecular weight excluding hydrogens is 258 g/mol. The fourth-order valence-corrected chi connectivity index (χ4v) is 3.01. The van der Waals surface area contributed by atoms with Gasteiger partial charge in [0.25, 0.3) is 0 Å². The van der Waals surface area contributed by atoms with Crippen LogP contribution in [0.25, 0.3) is 10.4 Å². The summed E-state index contributed by atoms with van der Waals surface area (Å²) in [6.45, 7) is 9.55. The van der Waals surface area contributed by atoms with Crippen LogP contribution in [0, 0.1) is 0 Å². The Morgan fingerprint density at radius 2 is 2.00 bits per heavy atom. The maximum absolute atomic E-state index is 8.82. The van der Waals surface area contributed by atoms with Crippen LogP contribution in [0.5, 0.6) is 0 Å². The second-order valence-electron chi connectivity index (χ2n) is 5.75. The molecule has 0 spiro atoms. The first kappa shape index (κ1) is 15.3. The third-order valence-electron chi connectivity index (χ3n) is 3.84. The second kappa shape index (κ2) is 6.14. The minimum atomic E-state index is -0.664. The van der Waals surface area contributed by atoms with Crippen molar-refractivity contribution in [3.05, 3.63) is 23.1 Å². The number of rotatable bonds is 5. The number of azide groups is 1. The van der Waals surface area contributed by atoms with Crippen molar-refractivity contribution in [3.8, 4) is 0 Å². The van der Waals surface area contributed by atoms with Crippen molar-refractivity contribution in [2.75, 3.05) is 0 Å². The number of nitrogens with zero attached hydrogens (tertiary/aromatic N) is 3. The molecule has 0 unspecified atom stereocenters. The van der Waals surface area contributed by atoms with Crippen LogP contribution in [-0.4, -0.2) is 36.2 Å². The van der Waals surface area contributed by atoms with Crippen molar-refractivity contribution in [3.63, 3.8) is 0 Å². The molecule has 0 N–H and O–H groups in total. The van der Waals surface area contributed by atoms with Crippen LogP contribution < -0.4 is 0 Å². The summed E-state index contributed by atoms with van der Waals surface area (Å²) < 4.78 is 18.0. The first-order valence-corrected chi connectivity index (χ1v) is 7.18. The van der Waals surface area contributed by atoms with E-state index >= 15 is 0 Å². The van der Waals surface area contributed by atoms with Gasteiger partial charge < -0.3 is 14.2 Å². The van der Waals surface area contributed by atoms with Crippen LogP contribution in [0.1, 0.15) is 40.0 Å². The van der Waals surface area contributed by atoms with Crippen LogP contribution in [0.4, 0.5) is 0 Å². The summed E-state index contributed by atoms with van der Waals surface area (Å²) in [5, 5.41) is 3.91. The van der Waals surface area contributed by atoms with Crippen molar-refractivity contribution >= 4 is 0 Å². The number of hydrogen-bond acceptors (Lipinski definition) is 4. The van der Waals surface area contributed by atoms with Gasteiger partial charge >= 0.3 is 0 Å². The molecule has 112 valence electrons. The summed E-state index contributed by atoms with van der Waals surface area (Å²) >= 11 is 0. The molecule has 0 aromatic heterocycles. The standard InChI is InChI=1S/C14H23N3O3/c1-5-7-8-10-11(16-17-15)13-12(9(6-2)18-10)19-14(3,4)20-13/h5,9-13H,1,6-8H2,2-4H3/t9-,10-,11+,12+,13-/m1/s1. The highest BCUT2D eigenvalue weighted by Gasteiger charge is 2.53. The molecule has 0 radical (unpaired) electrons. The fraction of sp³-hybridized carbons (Fsp3) is 0.857. The Labute approximate surface area is 119 Å². The fourth-order valence-electron chi connectivity index (χ4n) is 3.01. The molecule has 20 heavy (non-hydrogen) atoms. The minimum Gasteiger partial charge on any atom is -0.372 e. The predicted octanol–water partition coefficient (Wildman–Crippen LogP) is 3.33. The lowest BCUT2D eigenvalue weighted by Crippen LogP contribution is -2.55. The van der Waals surface area contributed by atoms with Gasteiger partial charge in [-0.3, -0.25) is 0 Å². The van der Waals surface area contributed by atoms with E-state index < -0.39 is 5.79 Å². The number of ether oxygens (including phenoxy) is 3. The molecule has 0 aliphatic carbocycles. The molecular formula is C14H23N3O3. The Hall–Kier alpha value is -1.07. The molecule has 5 atom stereocenters. The zero-order valence-corrected chi connectivity index (χ0v) is 12.4. The Morgan fingerprint density at radius 1 is 1.30 bits per heavy atom. The summed E-state index contributed by atoms with van der Waals surface area (Å²) in [5.41, 5.74) is 8.82. The molecule has 0 saturated carbocycles. The largest absolute Gasteiger partial charge is 0.372 e. The maximum Gasteiger partial charge on any atom is 0.163 e. The highest BCUT2D eigenvalue weighted by Crippen LogP contribution is 2.40. The predicted molar refractivity (Wildman–Crippen MR) is 75.1 cm³/mol. The average Bonchev–Trinajstić information content (AvgIpc) is 2.73. The van der Waals surface area contributed by atoms with E-state index in [9.17, 15) is 0 Å². The molecule has 2 saturated heterocycles. The van der Waals surface area contributed by atoms with Gasteiger partial charge in [-0.15, -0.1) is 6.58 Å². The molecule has 6 nitrogen and oxygen atoms in total. The molecule has 2 rings (SSSR count). The number of allylic oxidation sites excluding steroid dienone is 1. The summed E-state index contributed by atoms with van der Waals surface area (Å²) in [6.07, 6.45) is 3.69. The van der Waals surface area contributed by atoms with Crippen LogP contribution in [0.3, 0.4) is 0 Å². The quantitative estimate of drug-likeness (QED) is 0.335. The Kier molecular flexibility index (Phi) is 4.70. The van der Waals surface area contributed by atoms with Crippen LogP contribution in [-0.2, 0) is 14.2 Å². The lowest BCUT2D eigenvalue weighted by Gasteiger charge is -2.40. The van der Waals surface area contributed by atoms with E-state index in [-0.39, 0.29) is 30.5 Å². The van der Waals surface area contributed by atoms with Gasteiger partial charge in [-0.2, -0.15) is 0 Å². The van der Waals surface area contributed by atoms with Crippen molar-refractivity contribution in [1.29, 1.82) is 0 Å². The van der Waals surface area contributed by atoms with Crippen LogP contribution in [0.15, 0.2) is 17.8 Å². The Morgan fingerprint density at radius 3 is 2.60 bits per heavy atom. The molecule has 0 aromatic carbocycles. The van der Waals surface area contributed by atoms with Crippen molar-refractivity contribution < 1.29 is 14.2 Å². The average molecular weight is 281 g/mol. The smallest absolute Gasteiger partial charge is 0.163 e. The van der Waals surface area contributed by atoms with Gasteiger partial charge in [0, 0.05) is 4.91 Å². The van der Waals surface area contributed by atoms with Gasteiger partial charge in [0.15, 0.2) is 5.79 Å². The topological polar surface area (TPSA) is 76.5 Å². The van der Waals surface area contributed by atoms with Gasteiger partial charge in [0.05, 0.1) is 18.2 Å². The second-order valence-corrected chi connectivity index (χ2v) is 5.75. The van der Waals surface area contributed by atoms with Crippen molar-refractivity contribution in [2.24, 2.45) is 5.11 Å². The van der Waals surface area contributed by atoms with E-state index in [0.717, 1.165) is 19.3 Å². The molecule has 0 bridgehead atoms. The lowest BCUT2D eigenvalue weighted by atomic mass is 9.90. The summed E-state index contributed by atoms with van der Waals surface area (Å²) in [4.78, 5) is 2.96. The van der Waals surface area contributed by atoms with Gasteiger partial charge in [-0.05, 0) is 38.6 Å². The van der Waals surface area contributed by atoms with E-state index in [0.29, 0.717) is 0 Å². The number of fused-ring (bicyclic) bond motifs is 1. The Bertz CT molecular complexity index is 406. The minimum absolute atomic E-state index is 0.0262. The van der Waals surface area contributed by atoms with E-state index in [1.54, 1.807) is 0 Å². The normalized spacial score (nSPS) is 38.9. The summed E-state index contributed by atoms with van der Waals surface area (Å²) in [7, 11) is 0. The zero-order valence-electron chi connectivity index (χ0n) is 12.4. The third-order valence-corrected chi connectivity index (χ3v) is 3.84. The van der Waals surface area contributed by atoms with Crippen molar-refractivity contribution in [2.45, 2.75) is 76.3 Å². The molecule has 2 heterocycles. The van der Waals surface area contributed by atoms with Gasteiger partial charge in [0.1, 0.15) is 12.2 Å². The highest BCUT2D eigenvalue weighted by atomic mass is 16.8. The molecule has 2 aliphatic heterocycles. The maximum atomic E-state index is 8.82. The Balaban J connectivity index is 2.24. The third kappa shape index (κ3) is 2.99. The van der Waals surface area contributed by atoms with E-state index in [4.69, 9.17) is 19.7 Å². The van der Waals surface area contributed by atoms with Gasteiger partial charge in [-0.25, -0.2) is 0 Å². The van der Waals surface area contributed by atoms with Gasteiger partial charge in [-0.1, -0.05) is 18.1 Å². The lowest BCUT2D eigenvalue weighted by molar-refractivity contribution is -0.160. The monoisotopic (exact) mass is 281 g/mol.